The number of primary amides is 1. The van der Waals surface area contributed by atoms with Crippen LogP contribution in [0.5, 0.6) is 0 Å². The first-order valence-corrected chi connectivity index (χ1v) is 7.40. The van der Waals surface area contributed by atoms with Crippen LogP contribution in [0.2, 0.25) is 0 Å². The van der Waals surface area contributed by atoms with Crippen LogP contribution < -0.4 is 15.8 Å². The molecule has 0 atom stereocenters. The normalized spacial score (nSPS) is 11.0. The minimum absolute atomic E-state index is 0.138. The molecule has 116 valence electrons. The predicted molar refractivity (Wildman–Crippen MR) is 76.8 cm³/mol. The second kappa shape index (κ2) is 5.98. The summed E-state index contributed by atoms with van der Waals surface area (Å²) in [4.78, 5) is 9.99. The van der Waals surface area contributed by atoms with Gasteiger partial charge in [-0.1, -0.05) is 0 Å². The van der Waals surface area contributed by atoms with E-state index in [4.69, 9.17) is 5.73 Å². The van der Waals surface area contributed by atoms with Gasteiger partial charge < -0.3 is 11.1 Å². The average Bonchev–Trinajstić information content (AvgIpc) is 2.39. The SMILES string of the molecule is NC(=O)Nc1ccc(NS(=O)(=O)c2ccc(F)cc2F)cc1. The van der Waals surface area contributed by atoms with Crippen LogP contribution in [-0.2, 0) is 10.0 Å². The molecule has 0 unspecified atom stereocenters. The van der Waals surface area contributed by atoms with Gasteiger partial charge in [-0.2, -0.15) is 0 Å². The smallest absolute Gasteiger partial charge is 0.316 e. The van der Waals surface area contributed by atoms with E-state index in [0.717, 1.165) is 12.1 Å². The van der Waals surface area contributed by atoms with Crippen molar-refractivity contribution in [2.24, 2.45) is 5.73 Å². The van der Waals surface area contributed by atoms with Crippen LogP contribution in [0.3, 0.4) is 0 Å². The molecule has 0 heterocycles. The highest BCUT2D eigenvalue weighted by molar-refractivity contribution is 7.92. The quantitative estimate of drug-likeness (QED) is 0.802. The van der Waals surface area contributed by atoms with Crippen LogP contribution in [0.1, 0.15) is 0 Å². The molecule has 0 aliphatic rings. The van der Waals surface area contributed by atoms with Gasteiger partial charge in [0.1, 0.15) is 16.5 Å². The first-order valence-electron chi connectivity index (χ1n) is 5.92. The molecular weight excluding hydrogens is 316 g/mol. The van der Waals surface area contributed by atoms with Gasteiger partial charge in [0.15, 0.2) is 0 Å². The van der Waals surface area contributed by atoms with Crippen molar-refractivity contribution >= 4 is 27.4 Å². The monoisotopic (exact) mass is 327 g/mol. The molecule has 0 bridgehead atoms. The Balaban J connectivity index is 2.23. The number of carbonyl (C=O) groups excluding carboxylic acids is 1. The van der Waals surface area contributed by atoms with E-state index in [1.54, 1.807) is 0 Å². The number of carbonyl (C=O) groups is 1. The van der Waals surface area contributed by atoms with Crippen molar-refractivity contribution in [2.75, 3.05) is 10.0 Å². The molecular formula is C13H11F2N3O3S. The lowest BCUT2D eigenvalue weighted by Gasteiger charge is -2.09. The van der Waals surface area contributed by atoms with Crippen molar-refractivity contribution in [2.45, 2.75) is 4.90 Å². The Kier molecular flexibility index (Phi) is 4.27. The number of nitrogens with two attached hydrogens (primary N) is 1. The van der Waals surface area contributed by atoms with Crippen molar-refractivity contribution in [3.63, 3.8) is 0 Å². The number of urea groups is 1. The van der Waals surface area contributed by atoms with Gasteiger partial charge in [0, 0.05) is 17.4 Å². The molecule has 0 saturated carbocycles. The molecule has 0 aliphatic heterocycles. The summed E-state index contributed by atoms with van der Waals surface area (Å²) in [7, 11) is -4.20. The summed E-state index contributed by atoms with van der Waals surface area (Å²) in [5.74, 6) is -2.07. The predicted octanol–water partition coefficient (Wildman–Crippen LogP) is 2.26. The molecule has 9 heteroatoms. The molecule has 22 heavy (non-hydrogen) atoms. The minimum atomic E-state index is -4.20. The number of hydrogen-bond donors (Lipinski definition) is 3. The summed E-state index contributed by atoms with van der Waals surface area (Å²) in [5, 5.41) is 2.30. The summed E-state index contributed by atoms with van der Waals surface area (Å²) < 4.78 is 52.6. The summed E-state index contributed by atoms with van der Waals surface area (Å²) in [5.41, 5.74) is 5.44. The molecule has 0 aromatic heterocycles. The van der Waals surface area contributed by atoms with Crippen molar-refractivity contribution < 1.29 is 22.0 Å². The van der Waals surface area contributed by atoms with Crippen LogP contribution >= 0.6 is 0 Å². The third kappa shape index (κ3) is 3.70. The van der Waals surface area contributed by atoms with Gasteiger partial charge in [0.2, 0.25) is 0 Å². The largest absolute Gasteiger partial charge is 0.351 e. The van der Waals surface area contributed by atoms with Crippen LogP contribution in [0.4, 0.5) is 25.0 Å². The highest BCUT2D eigenvalue weighted by atomic mass is 32.2. The molecule has 2 aromatic carbocycles. The van der Waals surface area contributed by atoms with Crippen molar-refractivity contribution in [3.8, 4) is 0 Å². The number of halogens is 2. The second-order valence-electron chi connectivity index (χ2n) is 4.25. The Morgan fingerprint density at radius 2 is 1.59 bits per heavy atom. The van der Waals surface area contributed by atoms with E-state index in [1.165, 1.54) is 24.3 Å². The molecule has 0 spiro atoms. The first-order chi connectivity index (χ1) is 10.3. The number of hydrogen-bond acceptors (Lipinski definition) is 3. The number of nitrogens with one attached hydrogen (secondary N) is 2. The zero-order valence-electron chi connectivity index (χ0n) is 11.0. The number of benzene rings is 2. The van der Waals surface area contributed by atoms with Gasteiger partial charge in [-0.05, 0) is 36.4 Å². The van der Waals surface area contributed by atoms with E-state index < -0.39 is 32.6 Å². The lowest BCUT2D eigenvalue weighted by Crippen LogP contribution is -2.19. The Bertz CT molecular complexity index is 808. The fourth-order valence-corrected chi connectivity index (χ4v) is 2.79. The number of anilines is 2. The Hall–Kier alpha value is -2.68. The van der Waals surface area contributed by atoms with Gasteiger partial charge in [-0.3, -0.25) is 4.72 Å². The second-order valence-corrected chi connectivity index (χ2v) is 5.90. The molecule has 0 saturated heterocycles. The van der Waals surface area contributed by atoms with Crippen molar-refractivity contribution in [1.29, 1.82) is 0 Å². The minimum Gasteiger partial charge on any atom is -0.351 e. The van der Waals surface area contributed by atoms with Gasteiger partial charge >= 0.3 is 6.03 Å². The van der Waals surface area contributed by atoms with E-state index >= 15 is 0 Å². The standard InChI is InChI=1S/C13H11F2N3O3S/c14-8-1-6-12(11(15)7-8)22(20,21)18-10-4-2-9(3-5-10)17-13(16)19/h1-7,18H,(H3,16,17,19). The molecule has 2 rings (SSSR count). The maximum absolute atomic E-state index is 13.5. The van der Waals surface area contributed by atoms with Crippen molar-refractivity contribution in [3.05, 3.63) is 54.1 Å². The van der Waals surface area contributed by atoms with Crippen LogP contribution in [-0.4, -0.2) is 14.4 Å². The highest BCUT2D eigenvalue weighted by Gasteiger charge is 2.19. The zero-order valence-corrected chi connectivity index (χ0v) is 11.8. The van der Waals surface area contributed by atoms with E-state index in [0.29, 0.717) is 11.8 Å². The number of sulfonamides is 1. The molecule has 0 radical (unpaired) electrons. The van der Waals surface area contributed by atoms with E-state index in [2.05, 4.69) is 10.0 Å². The van der Waals surface area contributed by atoms with E-state index in [1.807, 2.05) is 0 Å². The van der Waals surface area contributed by atoms with Crippen molar-refractivity contribution in [1.82, 2.24) is 0 Å². The Labute approximate surface area is 125 Å². The fraction of sp³-hybridized carbons (Fsp3) is 0. The van der Waals surface area contributed by atoms with Gasteiger partial charge in [0.05, 0.1) is 0 Å². The number of rotatable bonds is 4. The summed E-state index contributed by atoms with van der Waals surface area (Å²) in [6.07, 6.45) is 0. The van der Waals surface area contributed by atoms with Gasteiger partial charge in [0.25, 0.3) is 10.0 Å². The maximum Gasteiger partial charge on any atom is 0.316 e. The maximum atomic E-state index is 13.5. The Morgan fingerprint density at radius 3 is 2.14 bits per heavy atom. The van der Waals surface area contributed by atoms with E-state index in [-0.39, 0.29) is 5.69 Å². The lowest BCUT2D eigenvalue weighted by molar-refractivity contribution is 0.259. The summed E-state index contributed by atoms with van der Waals surface area (Å²) >= 11 is 0. The highest BCUT2D eigenvalue weighted by Crippen LogP contribution is 2.20. The summed E-state index contributed by atoms with van der Waals surface area (Å²) in [6.45, 7) is 0. The van der Waals surface area contributed by atoms with Crippen LogP contribution in [0.25, 0.3) is 0 Å². The number of amides is 2. The lowest BCUT2D eigenvalue weighted by atomic mass is 10.3. The molecule has 4 N–H and O–H groups in total. The zero-order chi connectivity index (χ0) is 16.3. The topological polar surface area (TPSA) is 101 Å². The van der Waals surface area contributed by atoms with Crippen LogP contribution in [0, 0.1) is 11.6 Å². The first kappa shape index (κ1) is 15.7. The van der Waals surface area contributed by atoms with E-state index in [9.17, 15) is 22.0 Å². The molecule has 2 amide bonds. The Morgan fingerprint density at radius 1 is 1.00 bits per heavy atom. The van der Waals surface area contributed by atoms with Gasteiger partial charge in [-0.25, -0.2) is 22.0 Å². The fourth-order valence-electron chi connectivity index (χ4n) is 1.67. The average molecular weight is 327 g/mol. The third-order valence-electron chi connectivity index (χ3n) is 2.59. The third-order valence-corrected chi connectivity index (χ3v) is 4.00. The van der Waals surface area contributed by atoms with Crippen LogP contribution in [0.15, 0.2) is 47.4 Å². The molecule has 2 aromatic rings. The van der Waals surface area contributed by atoms with Gasteiger partial charge in [-0.15, -0.1) is 0 Å². The molecule has 6 nitrogen and oxygen atoms in total. The molecule has 0 aliphatic carbocycles. The molecule has 0 fully saturated rings. The summed E-state index contributed by atoms with van der Waals surface area (Å²) in [6, 6.07) is 6.91.